The number of halogens is 4. The van der Waals surface area contributed by atoms with Crippen LogP contribution in [0, 0.1) is 14.3 Å². The molecule has 3 aromatic rings. The smallest absolute Gasteiger partial charge is 0.298 e. The van der Waals surface area contributed by atoms with Gasteiger partial charge in [-0.2, -0.15) is 8.42 Å². The Morgan fingerprint density at radius 1 is 0.759 bits per heavy atom. The topological polar surface area (TPSA) is 83.8 Å². The SMILES string of the molecule is O=S1(=O)OC(c2c(I)cc(O)cc2I)(c2c(I)cc(O)cc2I)c2ccccc21. The van der Waals surface area contributed by atoms with Crippen molar-refractivity contribution in [1.29, 1.82) is 0 Å². The molecule has 1 aliphatic heterocycles. The molecule has 0 atom stereocenters. The van der Waals surface area contributed by atoms with Gasteiger partial charge < -0.3 is 10.2 Å². The van der Waals surface area contributed by atoms with E-state index in [0.717, 1.165) is 0 Å². The van der Waals surface area contributed by atoms with Crippen LogP contribution in [0.15, 0.2) is 53.4 Å². The molecule has 3 aromatic carbocycles. The minimum atomic E-state index is -4.04. The highest BCUT2D eigenvalue weighted by Crippen LogP contribution is 2.55. The Balaban J connectivity index is 2.24. The molecule has 29 heavy (non-hydrogen) atoms. The molecule has 0 aliphatic carbocycles. The van der Waals surface area contributed by atoms with Crippen LogP contribution >= 0.6 is 90.4 Å². The third kappa shape index (κ3) is 3.58. The van der Waals surface area contributed by atoms with E-state index in [9.17, 15) is 18.6 Å². The van der Waals surface area contributed by atoms with Crippen LogP contribution in [0.2, 0.25) is 0 Å². The molecule has 0 unspecified atom stereocenters. The molecule has 0 fully saturated rings. The largest absolute Gasteiger partial charge is 0.508 e. The monoisotopic (exact) mass is 858 g/mol. The van der Waals surface area contributed by atoms with Gasteiger partial charge in [0.25, 0.3) is 10.1 Å². The van der Waals surface area contributed by atoms with Crippen molar-refractivity contribution in [3.05, 3.63) is 79.5 Å². The van der Waals surface area contributed by atoms with Crippen molar-refractivity contribution in [2.24, 2.45) is 0 Å². The molecular weight excluding hydrogens is 848 g/mol. The Morgan fingerprint density at radius 2 is 1.17 bits per heavy atom. The summed E-state index contributed by atoms with van der Waals surface area (Å²) in [7, 11) is -4.04. The molecule has 0 bridgehead atoms. The van der Waals surface area contributed by atoms with Crippen molar-refractivity contribution in [1.82, 2.24) is 0 Å². The van der Waals surface area contributed by atoms with Crippen molar-refractivity contribution in [2.45, 2.75) is 10.5 Å². The molecule has 1 aliphatic rings. The average molecular weight is 858 g/mol. The zero-order valence-electron chi connectivity index (χ0n) is 14.2. The number of aromatic hydroxyl groups is 2. The summed E-state index contributed by atoms with van der Waals surface area (Å²) in [6.45, 7) is 0. The first kappa shape index (κ1) is 22.3. The molecule has 150 valence electrons. The molecule has 2 N–H and O–H groups in total. The van der Waals surface area contributed by atoms with Gasteiger partial charge in [-0.3, -0.25) is 0 Å². The lowest BCUT2D eigenvalue weighted by Gasteiger charge is -2.33. The van der Waals surface area contributed by atoms with E-state index in [4.69, 9.17) is 4.18 Å². The van der Waals surface area contributed by atoms with Crippen LogP contribution in [-0.4, -0.2) is 18.6 Å². The number of fused-ring (bicyclic) bond motifs is 1. The first-order chi connectivity index (χ1) is 13.6. The number of rotatable bonds is 2. The number of hydrogen-bond donors (Lipinski definition) is 2. The zero-order chi connectivity index (χ0) is 21.1. The normalized spacial score (nSPS) is 16.6. The lowest BCUT2D eigenvalue weighted by Crippen LogP contribution is -2.33. The molecular formula is C19H10I4O5S. The van der Waals surface area contributed by atoms with Gasteiger partial charge in [-0.1, -0.05) is 18.2 Å². The number of benzene rings is 3. The van der Waals surface area contributed by atoms with Gasteiger partial charge in [0, 0.05) is 31.0 Å². The number of hydrogen-bond acceptors (Lipinski definition) is 5. The van der Waals surface area contributed by atoms with Gasteiger partial charge in [-0.25, -0.2) is 4.18 Å². The van der Waals surface area contributed by atoms with Crippen molar-refractivity contribution in [3.63, 3.8) is 0 Å². The fourth-order valence-electron chi connectivity index (χ4n) is 3.50. The van der Waals surface area contributed by atoms with E-state index in [2.05, 4.69) is 90.4 Å². The molecule has 0 saturated carbocycles. The van der Waals surface area contributed by atoms with Gasteiger partial charge in [-0.15, -0.1) is 0 Å². The van der Waals surface area contributed by atoms with E-state index < -0.39 is 15.7 Å². The maximum atomic E-state index is 13.1. The number of phenolic OH excluding ortho intramolecular Hbond substituents is 2. The summed E-state index contributed by atoms with van der Waals surface area (Å²) in [5.41, 5.74) is 0.317. The van der Waals surface area contributed by atoms with Crippen LogP contribution in [0.4, 0.5) is 0 Å². The van der Waals surface area contributed by atoms with Crippen molar-refractivity contribution in [3.8, 4) is 11.5 Å². The van der Waals surface area contributed by atoms with Crippen LogP contribution in [0.3, 0.4) is 0 Å². The minimum Gasteiger partial charge on any atom is -0.508 e. The molecule has 4 rings (SSSR count). The number of phenols is 2. The quantitative estimate of drug-likeness (QED) is 0.262. The molecule has 0 amide bonds. The lowest BCUT2D eigenvalue weighted by molar-refractivity contribution is 0.176. The second-order valence-corrected chi connectivity index (χ2v) is 12.4. The molecule has 5 nitrogen and oxygen atoms in total. The highest BCUT2D eigenvalue weighted by molar-refractivity contribution is 14.1. The van der Waals surface area contributed by atoms with Gasteiger partial charge >= 0.3 is 0 Å². The Hall–Kier alpha value is 0.0900. The molecule has 0 spiro atoms. The van der Waals surface area contributed by atoms with E-state index in [-0.39, 0.29) is 16.4 Å². The third-order valence-corrected chi connectivity index (χ3v) is 9.30. The van der Waals surface area contributed by atoms with Crippen molar-refractivity contribution >= 4 is 100 Å². The summed E-state index contributed by atoms with van der Waals surface area (Å²) < 4.78 is 34.8. The maximum Gasteiger partial charge on any atom is 0.298 e. The summed E-state index contributed by atoms with van der Waals surface area (Å²) in [5.74, 6) is 0.170. The van der Waals surface area contributed by atoms with E-state index in [1.54, 1.807) is 42.5 Å². The van der Waals surface area contributed by atoms with Crippen LogP contribution in [0.25, 0.3) is 0 Å². The average Bonchev–Trinajstić information content (AvgIpc) is 2.82. The highest BCUT2D eigenvalue weighted by Gasteiger charge is 2.54. The minimum absolute atomic E-state index is 0.0851. The first-order valence-corrected chi connectivity index (χ1v) is 13.7. The predicted molar refractivity (Wildman–Crippen MR) is 142 cm³/mol. The Labute approximate surface area is 221 Å². The fourth-order valence-corrected chi connectivity index (χ4v) is 9.89. The molecule has 0 radical (unpaired) electrons. The molecule has 1 heterocycles. The van der Waals surface area contributed by atoms with Crippen molar-refractivity contribution < 1.29 is 22.8 Å². The van der Waals surface area contributed by atoms with E-state index in [1.807, 2.05) is 0 Å². The maximum absolute atomic E-state index is 13.1. The predicted octanol–water partition coefficient (Wildman–Crippen LogP) is 5.53. The molecule has 10 heteroatoms. The van der Waals surface area contributed by atoms with E-state index in [0.29, 0.717) is 31.0 Å². The van der Waals surface area contributed by atoms with Crippen LogP contribution in [0.1, 0.15) is 16.7 Å². The van der Waals surface area contributed by atoms with E-state index in [1.165, 1.54) is 6.07 Å². The Morgan fingerprint density at radius 3 is 1.62 bits per heavy atom. The second-order valence-electron chi connectivity index (χ2n) is 6.28. The van der Waals surface area contributed by atoms with Gasteiger partial charge in [-0.05, 0) is 121 Å². The fraction of sp³-hybridized carbons (Fsp3) is 0.0526. The summed E-state index contributed by atoms with van der Waals surface area (Å²) >= 11 is 8.34. The van der Waals surface area contributed by atoms with Crippen LogP contribution in [0.5, 0.6) is 11.5 Å². The Kier molecular flexibility index (Phi) is 6.07. The second kappa shape index (κ2) is 7.90. The lowest BCUT2D eigenvalue weighted by atomic mass is 9.80. The van der Waals surface area contributed by atoms with Gasteiger partial charge in [0.2, 0.25) is 0 Å². The van der Waals surface area contributed by atoms with Gasteiger partial charge in [0.05, 0.1) is 0 Å². The summed E-state index contributed by atoms with van der Waals surface area (Å²) in [4.78, 5) is 0.111. The van der Waals surface area contributed by atoms with Crippen LogP contribution < -0.4 is 0 Å². The summed E-state index contributed by atoms with van der Waals surface area (Å²) in [6, 6.07) is 13.0. The van der Waals surface area contributed by atoms with E-state index >= 15 is 0 Å². The zero-order valence-corrected chi connectivity index (χ0v) is 23.6. The molecule has 0 saturated heterocycles. The highest BCUT2D eigenvalue weighted by atomic mass is 127. The summed E-state index contributed by atoms with van der Waals surface area (Å²) in [5, 5.41) is 20.1. The van der Waals surface area contributed by atoms with Gasteiger partial charge in [0.15, 0.2) is 5.60 Å². The van der Waals surface area contributed by atoms with Gasteiger partial charge in [0.1, 0.15) is 16.4 Å². The van der Waals surface area contributed by atoms with Crippen molar-refractivity contribution in [2.75, 3.05) is 0 Å². The van der Waals surface area contributed by atoms with Crippen LogP contribution in [-0.2, 0) is 19.9 Å². The summed E-state index contributed by atoms with van der Waals surface area (Å²) in [6.07, 6.45) is 0. The molecule has 0 aromatic heterocycles. The third-order valence-electron chi connectivity index (χ3n) is 4.53. The standard InChI is InChI=1S/C19H10I4O5S/c20-12-5-9(24)6-13(21)17(12)19(18-14(22)7-10(25)8-15(18)23)11-3-1-2-4-16(11)29(26,27)28-19/h1-8,24-25H. The Bertz CT molecular complexity index is 1170. The first-order valence-electron chi connectivity index (χ1n) is 8.00.